The van der Waals surface area contributed by atoms with Gasteiger partial charge < -0.3 is 10.2 Å². The molecule has 0 aliphatic carbocycles. The Morgan fingerprint density at radius 3 is 2.94 bits per heavy atom. The average Bonchev–Trinajstić information content (AvgIpc) is 2.41. The summed E-state index contributed by atoms with van der Waals surface area (Å²) in [4.78, 5) is 2.51. The van der Waals surface area contributed by atoms with E-state index >= 15 is 0 Å². The lowest BCUT2D eigenvalue weighted by molar-refractivity contribution is 0.342. The van der Waals surface area contributed by atoms with Gasteiger partial charge in [0, 0.05) is 35.8 Å². The summed E-state index contributed by atoms with van der Waals surface area (Å²) in [6.45, 7) is 10.1. The Labute approximate surface area is 119 Å². The summed E-state index contributed by atoms with van der Waals surface area (Å²) < 4.78 is 1.19. The second-order valence-electron chi connectivity index (χ2n) is 5.33. The van der Waals surface area contributed by atoms with Crippen molar-refractivity contribution >= 4 is 21.6 Å². The molecule has 1 aliphatic rings. The third kappa shape index (κ3) is 3.07. The van der Waals surface area contributed by atoms with Crippen LogP contribution in [0.1, 0.15) is 25.8 Å². The maximum Gasteiger partial charge on any atom is 0.0370 e. The zero-order valence-corrected chi connectivity index (χ0v) is 13.1. The number of nitrogens with one attached hydrogen (secondary N) is 1. The Bertz CT molecular complexity index is 405. The molecule has 1 aromatic rings. The molecule has 0 radical (unpaired) electrons. The average molecular weight is 311 g/mol. The van der Waals surface area contributed by atoms with Crippen molar-refractivity contribution in [3.05, 3.63) is 28.2 Å². The molecule has 2 unspecified atom stereocenters. The Morgan fingerprint density at radius 2 is 2.28 bits per heavy atom. The Balaban J connectivity index is 2.10. The fraction of sp³-hybridized carbons (Fsp3) is 0.600. The first kappa shape index (κ1) is 13.9. The molecule has 100 valence electrons. The van der Waals surface area contributed by atoms with Crippen molar-refractivity contribution in [2.24, 2.45) is 5.92 Å². The number of hydrogen-bond acceptors (Lipinski definition) is 2. The van der Waals surface area contributed by atoms with Crippen molar-refractivity contribution in [3.63, 3.8) is 0 Å². The predicted molar refractivity (Wildman–Crippen MR) is 82.3 cm³/mol. The highest BCUT2D eigenvalue weighted by atomic mass is 79.9. The highest BCUT2D eigenvalue weighted by molar-refractivity contribution is 9.10. The van der Waals surface area contributed by atoms with E-state index in [-0.39, 0.29) is 0 Å². The molecule has 0 saturated carbocycles. The zero-order chi connectivity index (χ0) is 13.1. The number of rotatable bonds is 3. The van der Waals surface area contributed by atoms with Gasteiger partial charge in [-0.1, -0.05) is 36.2 Å². The van der Waals surface area contributed by atoms with Gasteiger partial charge in [0.1, 0.15) is 0 Å². The zero-order valence-electron chi connectivity index (χ0n) is 11.5. The van der Waals surface area contributed by atoms with Gasteiger partial charge in [0.15, 0.2) is 0 Å². The molecule has 1 aromatic carbocycles. The number of halogens is 1. The molecule has 2 rings (SSSR count). The van der Waals surface area contributed by atoms with E-state index < -0.39 is 0 Å². The summed E-state index contributed by atoms with van der Waals surface area (Å²) >= 11 is 3.57. The van der Waals surface area contributed by atoms with Gasteiger partial charge in [-0.15, -0.1) is 0 Å². The largest absolute Gasteiger partial charge is 0.369 e. The van der Waals surface area contributed by atoms with Gasteiger partial charge >= 0.3 is 0 Å². The lowest BCUT2D eigenvalue weighted by atomic mass is 9.97. The summed E-state index contributed by atoms with van der Waals surface area (Å²) in [5.74, 6) is 0.740. The molecular formula is C15H23BrN2. The molecule has 0 amide bonds. The topological polar surface area (TPSA) is 15.3 Å². The second kappa shape index (κ2) is 6.07. The summed E-state index contributed by atoms with van der Waals surface area (Å²) in [7, 11) is 0. The molecule has 0 spiro atoms. The molecule has 1 N–H and O–H groups in total. The first-order valence-electron chi connectivity index (χ1n) is 6.86. The molecule has 1 fully saturated rings. The molecular weight excluding hydrogens is 288 g/mol. The third-order valence-corrected chi connectivity index (χ3v) is 4.93. The molecule has 0 aromatic heterocycles. The third-order valence-electron chi connectivity index (χ3n) is 4.04. The number of piperazine rings is 1. The van der Waals surface area contributed by atoms with E-state index in [0.29, 0.717) is 6.04 Å². The molecule has 3 heteroatoms. The van der Waals surface area contributed by atoms with Gasteiger partial charge in [0.2, 0.25) is 0 Å². The summed E-state index contributed by atoms with van der Waals surface area (Å²) in [6.07, 6.45) is 1.24. The lowest BCUT2D eigenvalue weighted by Gasteiger charge is -2.38. The van der Waals surface area contributed by atoms with E-state index in [1.54, 1.807) is 0 Å². The van der Waals surface area contributed by atoms with Crippen molar-refractivity contribution in [2.75, 3.05) is 24.5 Å². The van der Waals surface area contributed by atoms with E-state index in [4.69, 9.17) is 0 Å². The van der Waals surface area contributed by atoms with Crippen molar-refractivity contribution in [2.45, 2.75) is 33.2 Å². The lowest BCUT2D eigenvalue weighted by Crippen LogP contribution is -2.53. The van der Waals surface area contributed by atoms with Crippen LogP contribution >= 0.6 is 15.9 Å². The monoisotopic (exact) mass is 310 g/mol. The van der Waals surface area contributed by atoms with Crippen LogP contribution in [0.2, 0.25) is 0 Å². The van der Waals surface area contributed by atoms with Gasteiger partial charge in [-0.3, -0.25) is 0 Å². The Hall–Kier alpha value is -0.540. The highest BCUT2D eigenvalue weighted by Gasteiger charge is 2.23. The minimum absolute atomic E-state index is 0.618. The van der Waals surface area contributed by atoms with Crippen LogP contribution in [-0.2, 0) is 0 Å². The number of aryl methyl sites for hydroxylation is 1. The number of nitrogens with zero attached hydrogens (tertiary/aromatic N) is 1. The van der Waals surface area contributed by atoms with Crippen molar-refractivity contribution in [1.29, 1.82) is 0 Å². The summed E-state index contributed by atoms with van der Waals surface area (Å²) in [6, 6.07) is 7.28. The molecule has 1 saturated heterocycles. The highest BCUT2D eigenvalue weighted by Crippen LogP contribution is 2.24. The fourth-order valence-electron chi connectivity index (χ4n) is 2.50. The minimum atomic E-state index is 0.618. The number of anilines is 1. The van der Waals surface area contributed by atoms with Crippen LogP contribution in [0.3, 0.4) is 0 Å². The predicted octanol–water partition coefficient (Wildman–Crippen LogP) is 3.58. The van der Waals surface area contributed by atoms with Crippen LogP contribution in [0, 0.1) is 12.8 Å². The standard InChI is InChI=1S/C15H23BrN2/c1-4-11(2)15-10-18(8-7-17-15)13-5-6-14(16)12(3)9-13/h5-6,9,11,15,17H,4,7-8,10H2,1-3H3. The number of hydrogen-bond donors (Lipinski definition) is 1. The van der Waals surface area contributed by atoms with E-state index in [9.17, 15) is 0 Å². The van der Waals surface area contributed by atoms with Gasteiger partial charge in [0.25, 0.3) is 0 Å². The smallest absolute Gasteiger partial charge is 0.0370 e. The van der Waals surface area contributed by atoms with Gasteiger partial charge in [0.05, 0.1) is 0 Å². The van der Waals surface area contributed by atoms with Gasteiger partial charge in [-0.05, 0) is 36.6 Å². The Kier molecular flexibility index (Phi) is 4.68. The summed E-state index contributed by atoms with van der Waals surface area (Å²) in [5, 5.41) is 3.64. The van der Waals surface area contributed by atoms with Gasteiger partial charge in [-0.25, -0.2) is 0 Å². The van der Waals surface area contributed by atoms with Crippen molar-refractivity contribution in [3.8, 4) is 0 Å². The van der Waals surface area contributed by atoms with E-state index in [1.807, 2.05) is 0 Å². The molecule has 1 aliphatic heterocycles. The number of benzene rings is 1. The van der Waals surface area contributed by atoms with Crippen LogP contribution in [0.25, 0.3) is 0 Å². The van der Waals surface area contributed by atoms with Crippen molar-refractivity contribution in [1.82, 2.24) is 5.32 Å². The maximum absolute atomic E-state index is 3.64. The SMILES string of the molecule is CCC(C)C1CN(c2ccc(Br)c(C)c2)CCN1. The van der Waals surface area contributed by atoms with Crippen LogP contribution in [0.4, 0.5) is 5.69 Å². The van der Waals surface area contributed by atoms with Crippen LogP contribution in [0.15, 0.2) is 22.7 Å². The minimum Gasteiger partial charge on any atom is -0.369 e. The second-order valence-corrected chi connectivity index (χ2v) is 6.18. The van der Waals surface area contributed by atoms with Crippen LogP contribution in [0.5, 0.6) is 0 Å². The first-order chi connectivity index (χ1) is 8.61. The van der Waals surface area contributed by atoms with Gasteiger partial charge in [-0.2, -0.15) is 0 Å². The summed E-state index contributed by atoms with van der Waals surface area (Å²) in [5.41, 5.74) is 2.66. The van der Waals surface area contributed by atoms with Crippen LogP contribution < -0.4 is 10.2 Å². The van der Waals surface area contributed by atoms with E-state index in [1.165, 1.54) is 22.1 Å². The normalized spacial score (nSPS) is 22.0. The van der Waals surface area contributed by atoms with Crippen molar-refractivity contribution < 1.29 is 0 Å². The molecule has 1 heterocycles. The molecule has 18 heavy (non-hydrogen) atoms. The van der Waals surface area contributed by atoms with Crippen LogP contribution in [-0.4, -0.2) is 25.7 Å². The maximum atomic E-state index is 3.64. The molecule has 2 atom stereocenters. The molecule has 0 bridgehead atoms. The van der Waals surface area contributed by atoms with E-state index in [0.717, 1.165) is 25.6 Å². The first-order valence-corrected chi connectivity index (χ1v) is 7.65. The quantitative estimate of drug-likeness (QED) is 0.918. The fourth-order valence-corrected chi connectivity index (χ4v) is 2.75. The Morgan fingerprint density at radius 1 is 1.50 bits per heavy atom. The van der Waals surface area contributed by atoms with E-state index in [2.05, 4.69) is 65.1 Å². The molecule has 2 nitrogen and oxygen atoms in total.